The molecule has 0 bridgehead atoms. The van der Waals surface area contributed by atoms with Crippen LogP contribution in [0.5, 0.6) is 0 Å². The first-order valence-electron chi connectivity index (χ1n) is 13.7. The normalized spacial score (nSPS) is 37.2. The molecule has 0 heterocycles. The monoisotopic (exact) mass is 502 g/mol. The summed E-state index contributed by atoms with van der Waals surface area (Å²) >= 11 is 0. The van der Waals surface area contributed by atoms with Crippen LogP contribution in [0.15, 0.2) is 23.3 Å². The Morgan fingerprint density at radius 1 is 1.00 bits per heavy atom. The highest BCUT2D eigenvalue weighted by molar-refractivity contribution is 6.69. The van der Waals surface area contributed by atoms with E-state index in [1.807, 2.05) is 0 Å². The third-order valence-corrected chi connectivity index (χ3v) is 10.6. The molecule has 0 aromatic rings. The van der Waals surface area contributed by atoms with Crippen LogP contribution in [0.25, 0.3) is 0 Å². The average Bonchev–Trinajstić information content (AvgIpc) is 3.09. The van der Waals surface area contributed by atoms with Gasteiger partial charge in [-0.3, -0.25) is 9.59 Å². The largest absolute Gasteiger partial charge is 0.466 e. The lowest BCUT2D eigenvalue weighted by molar-refractivity contribution is -0.148. The Morgan fingerprint density at radius 3 is 2.37 bits per heavy atom. The van der Waals surface area contributed by atoms with E-state index in [0.717, 1.165) is 38.5 Å². The number of allylic oxidation sites excluding steroid dienone is 2. The van der Waals surface area contributed by atoms with Crippen LogP contribution in [0.2, 0.25) is 19.6 Å². The highest BCUT2D eigenvalue weighted by Crippen LogP contribution is 2.65. The molecule has 0 N–H and O–H groups in total. The number of hydrogen-bond acceptors (Lipinski definition) is 5. The van der Waals surface area contributed by atoms with Crippen molar-refractivity contribution >= 4 is 20.3 Å². The minimum atomic E-state index is -1.77. The first-order valence-corrected chi connectivity index (χ1v) is 17.1. The van der Waals surface area contributed by atoms with Gasteiger partial charge in [-0.2, -0.15) is 0 Å². The molecule has 196 valence electrons. The summed E-state index contributed by atoms with van der Waals surface area (Å²) in [6.07, 6.45) is 13.5. The van der Waals surface area contributed by atoms with Gasteiger partial charge in [0.1, 0.15) is 6.10 Å². The maximum atomic E-state index is 11.5. The fourth-order valence-electron chi connectivity index (χ4n) is 8.08. The van der Waals surface area contributed by atoms with E-state index >= 15 is 0 Å². The summed E-state index contributed by atoms with van der Waals surface area (Å²) in [7, 11) is -1.77. The van der Waals surface area contributed by atoms with E-state index in [9.17, 15) is 9.59 Å². The van der Waals surface area contributed by atoms with Crippen LogP contribution in [0.4, 0.5) is 0 Å². The number of rotatable bonds is 7. The maximum absolute atomic E-state index is 11.5. The summed E-state index contributed by atoms with van der Waals surface area (Å²) in [4.78, 5) is 22.9. The lowest BCUT2D eigenvalue weighted by atomic mass is 9.47. The Kier molecular flexibility index (Phi) is 7.47. The van der Waals surface area contributed by atoms with E-state index in [0.29, 0.717) is 24.4 Å². The van der Waals surface area contributed by atoms with Gasteiger partial charge in [-0.1, -0.05) is 31.6 Å². The van der Waals surface area contributed by atoms with Gasteiger partial charge in [0.25, 0.3) is 0 Å². The molecule has 6 heteroatoms. The van der Waals surface area contributed by atoms with Crippen molar-refractivity contribution in [3.63, 3.8) is 0 Å². The van der Waals surface area contributed by atoms with Crippen molar-refractivity contribution in [2.45, 2.75) is 111 Å². The zero-order valence-electron chi connectivity index (χ0n) is 22.9. The van der Waals surface area contributed by atoms with Gasteiger partial charge in [0.05, 0.1) is 12.7 Å². The number of fused-ring (bicyclic) bond motifs is 5. The molecule has 0 aromatic carbocycles. The van der Waals surface area contributed by atoms with Gasteiger partial charge in [-0.05, 0) is 92.3 Å². The Bertz CT molecular complexity index is 901. The second-order valence-corrected chi connectivity index (χ2v) is 17.4. The molecular weight excluding hydrogens is 456 g/mol. The van der Waals surface area contributed by atoms with Crippen molar-refractivity contribution in [2.75, 3.05) is 6.61 Å². The number of esters is 2. The molecule has 0 spiro atoms. The van der Waals surface area contributed by atoms with Gasteiger partial charge in [0, 0.05) is 26.7 Å². The standard InChI is InChI=1S/C29H46O5Si/c1-19(30)32-17-14-27(34-35(5,6)7)26-11-10-24-23-9-8-21-18-22(33-20(2)31)12-15-28(21,3)25(23)13-16-29(24,26)4/h8,11,22-25,27H,9-10,12-18H2,1-7H3/t22-,23+,24+,25+,27+,28-,29+/m0/s1. The van der Waals surface area contributed by atoms with Crippen LogP contribution < -0.4 is 0 Å². The van der Waals surface area contributed by atoms with Gasteiger partial charge in [0.2, 0.25) is 0 Å². The van der Waals surface area contributed by atoms with Crippen LogP contribution in [0.3, 0.4) is 0 Å². The Hall–Kier alpha value is -1.40. The van der Waals surface area contributed by atoms with Gasteiger partial charge in [-0.25, -0.2) is 0 Å². The molecule has 0 unspecified atom stereocenters. The number of ether oxygens (including phenoxy) is 2. The third kappa shape index (κ3) is 5.34. The Labute approximate surface area is 213 Å². The van der Waals surface area contributed by atoms with Crippen molar-refractivity contribution in [3.05, 3.63) is 23.3 Å². The lowest BCUT2D eigenvalue weighted by Crippen LogP contribution is -2.51. The van der Waals surface area contributed by atoms with E-state index in [1.54, 1.807) is 0 Å². The van der Waals surface area contributed by atoms with Crippen molar-refractivity contribution in [2.24, 2.45) is 28.6 Å². The molecule has 35 heavy (non-hydrogen) atoms. The summed E-state index contributed by atoms with van der Waals surface area (Å²) < 4.78 is 17.7. The summed E-state index contributed by atoms with van der Waals surface area (Å²) in [5, 5.41) is 0. The summed E-state index contributed by atoms with van der Waals surface area (Å²) in [5.74, 6) is 1.64. The number of hydrogen-bond donors (Lipinski definition) is 0. The van der Waals surface area contributed by atoms with E-state index in [2.05, 4.69) is 45.6 Å². The van der Waals surface area contributed by atoms with Crippen molar-refractivity contribution in [1.29, 1.82) is 0 Å². The molecule has 7 atom stereocenters. The quantitative estimate of drug-likeness (QED) is 0.223. The van der Waals surface area contributed by atoms with Gasteiger partial charge in [0.15, 0.2) is 8.32 Å². The van der Waals surface area contributed by atoms with Crippen molar-refractivity contribution in [3.8, 4) is 0 Å². The number of carbonyl (C=O) groups is 2. The van der Waals surface area contributed by atoms with E-state index in [1.165, 1.54) is 37.8 Å². The van der Waals surface area contributed by atoms with Crippen LogP contribution in [0.1, 0.15) is 79.1 Å². The third-order valence-electron chi connectivity index (χ3n) is 9.56. The molecule has 0 radical (unpaired) electrons. The first-order chi connectivity index (χ1) is 16.3. The maximum Gasteiger partial charge on any atom is 0.302 e. The molecule has 0 saturated heterocycles. The van der Waals surface area contributed by atoms with Crippen LogP contribution >= 0.6 is 0 Å². The zero-order chi connectivity index (χ0) is 25.6. The Balaban J connectivity index is 1.53. The molecule has 0 amide bonds. The van der Waals surface area contributed by atoms with Crippen LogP contribution in [0, 0.1) is 28.6 Å². The molecule has 0 aliphatic heterocycles. The predicted octanol–water partition coefficient (Wildman–Crippen LogP) is 6.59. The Morgan fingerprint density at radius 2 is 1.71 bits per heavy atom. The second kappa shape index (κ2) is 9.81. The highest BCUT2D eigenvalue weighted by Gasteiger charge is 2.57. The molecule has 4 aliphatic carbocycles. The second-order valence-electron chi connectivity index (χ2n) is 12.9. The molecule has 2 saturated carbocycles. The fourth-order valence-corrected chi connectivity index (χ4v) is 9.18. The van der Waals surface area contributed by atoms with Gasteiger partial charge >= 0.3 is 11.9 Å². The van der Waals surface area contributed by atoms with Crippen LogP contribution in [-0.4, -0.2) is 39.1 Å². The lowest BCUT2D eigenvalue weighted by Gasteiger charge is -2.58. The average molecular weight is 503 g/mol. The molecular formula is C29H46O5Si. The molecule has 4 rings (SSSR count). The van der Waals surface area contributed by atoms with Crippen molar-refractivity contribution in [1.82, 2.24) is 0 Å². The van der Waals surface area contributed by atoms with Crippen molar-refractivity contribution < 1.29 is 23.5 Å². The molecule has 0 aromatic heterocycles. The summed E-state index contributed by atoms with van der Waals surface area (Å²) in [6.45, 7) is 15.1. The van der Waals surface area contributed by atoms with Crippen LogP contribution in [-0.2, 0) is 23.5 Å². The zero-order valence-corrected chi connectivity index (χ0v) is 23.9. The molecule has 5 nitrogen and oxygen atoms in total. The van der Waals surface area contributed by atoms with Gasteiger partial charge < -0.3 is 13.9 Å². The summed E-state index contributed by atoms with van der Waals surface area (Å²) in [5.41, 5.74) is 3.38. The summed E-state index contributed by atoms with van der Waals surface area (Å²) in [6, 6.07) is 0. The van der Waals surface area contributed by atoms with E-state index in [4.69, 9.17) is 13.9 Å². The minimum absolute atomic E-state index is 0.0389. The minimum Gasteiger partial charge on any atom is -0.466 e. The number of carbonyl (C=O) groups excluding carboxylic acids is 2. The fraction of sp³-hybridized carbons (Fsp3) is 0.793. The smallest absolute Gasteiger partial charge is 0.302 e. The SMILES string of the molecule is CC(=O)OCC[C@@H](O[Si](C)(C)C)C1=CC[C@@H]2[C@H]3CC=C4C[C@@H](OC(C)=O)CC[C@]4(C)[C@@H]3CC[C@@]12C. The molecule has 4 aliphatic rings. The topological polar surface area (TPSA) is 61.8 Å². The first kappa shape index (κ1) is 26.7. The predicted molar refractivity (Wildman–Crippen MR) is 140 cm³/mol. The van der Waals surface area contributed by atoms with E-state index < -0.39 is 8.32 Å². The van der Waals surface area contributed by atoms with Gasteiger partial charge in [-0.15, -0.1) is 0 Å². The molecule has 2 fully saturated rings. The highest BCUT2D eigenvalue weighted by atomic mass is 28.4. The van der Waals surface area contributed by atoms with E-state index in [-0.39, 0.29) is 35.0 Å².